The van der Waals surface area contributed by atoms with Crippen LogP contribution in [0.2, 0.25) is 5.82 Å². The van der Waals surface area contributed by atoms with E-state index in [0.717, 1.165) is 29.5 Å². The summed E-state index contributed by atoms with van der Waals surface area (Å²) >= 11 is 0. The largest absolute Gasteiger partial charge is 0.105 e. The maximum atomic E-state index is 2.45. The molecule has 0 radical (unpaired) electrons. The highest BCUT2D eigenvalue weighted by atomic mass is 14.3. The third-order valence-electron chi connectivity index (χ3n) is 4.10. The molecule has 4 atom stereocenters. The lowest BCUT2D eigenvalue weighted by Gasteiger charge is -2.38. The van der Waals surface area contributed by atoms with Crippen LogP contribution in [-0.2, 0) is 0 Å². The van der Waals surface area contributed by atoms with Crippen molar-refractivity contribution in [2.75, 3.05) is 0 Å². The van der Waals surface area contributed by atoms with Gasteiger partial charge >= 0.3 is 0 Å². The van der Waals surface area contributed by atoms with Crippen molar-refractivity contribution in [2.24, 2.45) is 23.7 Å². The first-order valence-corrected chi connectivity index (χ1v) is 6.02. The topological polar surface area (TPSA) is 0 Å². The number of hydrogen-bond acceptors (Lipinski definition) is 0. The molecule has 0 aromatic carbocycles. The molecule has 0 bridgehead atoms. The molecule has 1 heteroatoms. The normalized spacial score (nSPS) is 37.8. The molecule has 1 aliphatic rings. The molecule has 0 heterocycles. The minimum atomic E-state index is 0.886. The monoisotopic (exact) mass is 180 g/mol. The molecule has 0 N–H and O–H groups in total. The first-order valence-electron chi connectivity index (χ1n) is 6.02. The van der Waals surface area contributed by atoms with E-state index in [1.165, 1.54) is 19.3 Å². The molecule has 1 rings (SSSR count). The summed E-state index contributed by atoms with van der Waals surface area (Å²) < 4.78 is 0. The van der Waals surface area contributed by atoms with Crippen LogP contribution in [0.25, 0.3) is 0 Å². The van der Waals surface area contributed by atoms with Crippen molar-refractivity contribution in [1.29, 1.82) is 0 Å². The third-order valence-corrected chi connectivity index (χ3v) is 4.10. The van der Waals surface area contributed by atoms with Crippen LogP contribution in [0, 0.1) is 23.7 Å². The van der Waals surface area contributed by atoms with Gasteiger partial charge in [-0.15, -0.1) is 0 Å². The molecule has 0 spiro atoms. The fraction of sp³-hybridized carbons (Fsp3) is 1.00. The van der Waals surface area contributed by atoms with Crippen molar-refractivity contribution in [3.8, 4) is 0 Å². The van der Waals surface area contributed by atoms with Crippen molar-refractivity contribution in [1.82, 2.24) is 0 Å². The van der Waals surface area contributed by atoms with Gasteiger partial charge in [-0.25, -0.2) is 0 Å². The van der Waals surface area contributed by atoms with Crippen LogP contribution in [0.15, 0.2) is 0 Å². The second kappa shape index (κ2) is 4.53. The van der Waals surface area contributed by atoms with Crippen LogP contribution in [0.5, 0.6) is 0 Å². The lowest BCUT2D eigenvalue weighted by Crippen LogP contribution is -2.28. The molecule has 4 unspecified atom stereocenters. The highest BCUT2D eigenvalue weighted by Crippen LogP contribution is 2.41. The minimum Gasteiger partial charge on any atom is -0.0695 e. The first-order chi connectivity index (χ1) is 6.02. The third kappa shape index (κ3) is 2.75. The zero-order valence-corrected chi connectivity index (χ0v) is 10.0. The van der Waals surface area contributed by atoms with Gasteiger partial charge in [0.25, 0.3) is 0 Å². The Morgan fingerprint density at radius 2 is 1.77 bits per heavy atom. The average Bonchev–Trinajstić information content (AvgIpc) is 2.04. The Kier molecular flexibility index (Phi) is 3.88. The Bertz CT molecular complexity index is 151. The Morgan fingerprint density at radius 3 is 2.23 bits per heavy atom. The van der Waals surface area contributed by atoms with Gasteiger partial charge in [-0.1, -0.05) is 39.9 Å². The van der Waals surface area contributed by atoms with Crippen LogP contribution in [0.4, 0.5) is 0 Å². The molecule has 0 saturated heterocycles. The summed E-state index contributed by atoms with van der Waals surface area (Å²) in [6.07, 6.45) is 4.42. The second-order valence-electron chi connectivity index (χ2n) is 5.70. The lowest BCUT2D eigenvalue weighted by atomic mass is 9.62. The van der Waals surface area contributed by atoms with E-state index in [9.17, 15) is 0 Å². The fourth-order valence-corrected chi connectivity index (χ4v) is 2.93. The molecule has 13 heavy (non-hydrogen) atoms. The van der Waals surface area contributed by atoms with Crippen molar-refractivity contribution in [2.45, 2.75) is 52.8 Å². The van der Waals surface area contributed by atoms with Gasteiger partial charge in [0.05, 0.1) is 0 Å². The predicted molar refractivity (Wildman–Crippen MR) is 62.8 cm³/mol. The molecule has 0 aliphatic heterocycles. The van der Waals surface area contributed by atoms with E-state index in [0.29, 0.717) is 0 Å². The van der Waals surface area contributed by atoms with Gasteiger partial charge in [-0.2, -0.15) is 0 Å². The van der Waals surface area contributed by atoms with E-state index in [4.69, 9.17) is 0 Å². The second-order valence-corrected chi connectivity index (χ2v) is 5.70. The maximum Gasteiger partial charge on any atom is 0.105 e. The van der Waals surface area contributed by atoms with Gasteiger partial charge in [-0.3, -0.25) is 0 Å². The summed E-state index contributed by atoms with van der Waals surface area (Å²) in [7, 11) is 2.39. The highest BCUT2D eigenvalue weighted by Gasteiger charge is 2.30. The van der Waals surface area contributed by atoms with E-state index in [-0.39, 0.29) is 0 Å². The molecular weight excluding hydrogens is 155 g/mol. The average molecular weight is 180 g/mol. The van der Waals surface area contributed by atoms with Crippen molar-refractivity contribution < 1.29 is 0 Å². The molecule has 76 valence electrons. The van der Waals surface area contributed by atoms with Gasteiger partial charge in [0.15, 0.2) is 0 Å². The van der Waals surface area contributed by atoms with Crippen LogP contribution in [-0.4, -0.2) is 7.85 Å². The molecule has 0 aromatic rings. The first kappa shape index (κ1) is 11.1. The number of rotatable bonds is 2. The Hall–Kier alpha value is 0.0649. The zero-order valence-electron chi connectivity index (χ0n) is 10.0. The lowest BCUT2D eigenvalue weighted by molar-refractivity contribution is 0.155. The minimum absolute atomic E-state index is 0.886. The van der Waals surface area contributed by atoms with Crippen molar-refractivity contribution in [3.05, 3.63) is 0 Å². The Labute approximate surface area is 84.9 Å². The van der Waals surface area contributed by atoms with E-state index < -0.39 is 0 Å². The Balaban J connectivity index is 2.53. The summed E-state index contributed by atoms with van der Waals surface area (Å²) in [6.45, 7) is 9.61. The molecule has 1 saturated carbocycles. The summed E-state index contributed by atoms with van der Waals surface area (Å²) in [6, 6.07) is 0. The van der Waals surface area contributed by atoms with Crippen LogP contribution < -0.4 is 0 Å². The van der Waals surface area contributed by atoms with Gasteiger partial charge in [-0.05, 0) is 36.5 Å². The van der Waals surface area contributed by atoms with E-state index >= 15 is 0 Å². The summed E-state index contributed by atoms with van der Waals surface area (Å²) in [5.74, 6) is 4.74. The summed E-state index contributed by atoms with van der Waals surface area (Å²) in [5.41, 5.74) is 0. The SMILES string of the molecule is BC(C)C1CC(C(C)C)CCC1C. The van der Waals surface area contributed by atoms with E-state index in [1.54, 1.807) is 0 Å². The van der Waals surface area contributed by atoms with E-state index in [2.05, 4.69) is 35.5 Å². The quantitative estimate of drug-likeness (QED) is 0.572. The number of hydrogen-bond donors (Lipinski definition) is 0. The van der Waals surface area contributed by atoms with Crippen LogP contribution in [0.3, 0.4) is 0 Å². The Morgan fingerprint density at radius 1 is 1.15 bits per heavy atom. The molecule has 0 amide bonds. The zero-order chi connectivity index (χ0) is 10.0. The molecule has 1 aliphatic carbocycles. The van der Waals surface area contributed by atoms with Crippen molar-refractivity contribution >= 4 is 7.85 Å². The smallest absolute Gasteiger partial charge is 0.0695 e. The fourth-order valence-electron chi connectivity index (χ4n) is 2.93. The maximum absolute atomic E-state index is 2.45. The van der Waals surface area contributed by atoms with E-state index in [1.807, 2.05) is 0 Å². The van der Waals surface area contributed by atoms with Gasteiger partial charge < -0.3 is 0 Å². The van der Waals surface area contributed by atoms with Crippen molar-refractivity contribution in [3.63, 3.8) is 0 Å². The molecular formula is C12H25B. The van der Waals surface area contributed by atoms with Gasteiger partial charge in [0.2, 0.25) is 0 Å². The highest BCUT2D eigenvalue weighted by molar-refractivity contribution is 6.11. The van der Waals surface area contributed by atoms with Crippen LogP contribution in [0.1, 0.15) is 47.0 Å². The molecule has 1 fully saturated rings. The van der Waals surface area contributed by atoms with Gasteiger partial charge in [0.1, 0.15) is 7.85 Å². The predicted octanol–water partition coefficient (Wildman–Crippen LogP) is 3.14. The van der Waals surface area contributed by atoms with Gasteiger partial charge in [0, 0.05) is 0 Å². The molecule has 0 aromatic heterocycles. The summed E-state index contributed by atoms with van der Waals surface area (Å²) in [4.78, 5) is 0. The summed E-state index contributed by atoms with van der Waals surface area (Å²) in [5, 5.41) is 0. The van der Waals surface area contributed by atoms with Crippen LogP contribution >= 0.6 is 0 Å². The standard InChI is InChI=1S/C12H25B/c1-8(2)11-6-5-9(3)12(7-11)10(4)13/h8-12H,5-7,13H2,1-4H3. The molecule has 0 nitrogen and oxygen atoms in total.